The van der Waals surface area contributed by atoms with Gasteiger partial charge in [-0.05, 0) is 47.9 Å². The maximum atomic E-state index is 12.3. The maximum absolute atomic E-state index is 12.3. The van der Waals surface area contributed by atoms with E-state index >= 15 is 0 Å². The molecule has 0 spiro atoms. The number of amides is 1. The molecule has 154 valence electrons. The zero-order chi connectivity index (χ0) is 21.2. The number of benzene rings is 2. The summed E-state index contributed by atoms with van der Waals surface area (Å²) in [5.41, 5.74) is 3.75. The van der Waals surface area contributed by atoms with Gasteiger partial charge < -0.3 is 14.8 Å². The van der Waals surface area contributed by atoms with E-state index in [9.17, 15) is 4.79 Å². The van der Waals surface area contributed by atoms with Gasteiger partial charge >= 0.3 is 0 Å². The molecule has 0 fully saturated rings. The predicted octanol–water partition coefficient (Wildman–Crippen LogP) is 5.31. The lowest BCUT2D eigenvalue weighted by atomic mass is 10.1. The van der Waals surface area contributed by atoms with E-state index in [0.29, 0.717) is 41.8 Å². The van der Waals surface area contributed by atoms with Crippen LogP contribution in [0.15, 0.2) is 36.4 Å². The van der Waals surface area contributed by atoms with Crippen LogP contribution in [-0.4, -0.2) is 24.9 Å². The van der Waals surface area contributed by atoms with Gasteiger partial charge in [-0.15, -0.1) is 0 Å². The first-order valence-corrected chi connectivity index (χ1v) is 10.7. The highest BCUT2D eigenvalue weighted by molar-refractivity contribution is 7.99. The van der Waals surface area contributed by atoms with Gasteiger partial charge in [-0.2, -0.15) is 17.0 Å². The summed E-state index contributed by atoms with van der Waals surface area (Å²) in [4.78, 5) is 12.3. The van der Waals surface area contributed by atoms with Crippen LogP contribution in [0.2, 0.25) is 0 Å². The van der Waals surface area contributed by atoms with E-state index in [-0.39, 0.29) is 5.91 Å². The fourth-order valence-corrected chi connectivity index (χ4v) is 3.54. The first-order chi connectivity index (χ1) is 13.9. The molecule has 29 heavy (non-hydrogen) atoms. The zero-order valence-electron chi connectivity index (χ0n) is 17.5. The smallest absolute Gasteiger partial charge is 0.224 e. The number of nitriles is 1. The number of nitrogens with one attached hydrogen (secondary N) is 1. The predicted molar refractivity (Wildman–Crippen MR) is 119 cm³/mol. The lowest BCUT2D eigenvalue weighted by Crippen LogP contribution is -2.14. The summed E-state index contributed by atoms with van der Waals surface area (Å²) in [5, 5.41) is 12.5. The van der Waals surface area contributed by atoms with Crippen LogP contribution in [0.5, 0.6) is 11.5 Å². The van der Waals surface area contributed by atoms with E-state index in [1.807, 2.05) is 30.8 Å². The van der Waals surface area contributed by atoms with Gasteiger partial charge in [0, 0.05) is 23.9 Å². The van der Waals surface area contributed by atoms with Crippen molar-refractivity contribution in [1.29, 1.82) is 5.26 Å². The standard InChI is InChI=1S/C23H28N2O3S/c1-16(2)29-15-19-7-5-8-20(17(19)3)25-23(26)9-6-12-28-21-11-10-18(14-24)13-22(21)27-4/h5,7-8,10-11,13,16H,6,9,12,15H2,1-4H3,(H,25,26). The Hall–Kier alpha value is -2.65. The van der Waals surface area contributed by atoms with E-state index in [0.717, 1.165) is 17.0 Å². The molecule has 0 aliphatic rings. The molecule has 1 amide bonds. The average molecular weight is 413 g/mol. The van der Waals surface area contributed by atoms with Crippen molar-refractivity contribution in [3.63, 3.8) is 0 Å². The first-order valence-electron chi connectivity index (χ1n) is 9.65. The van der Waals surface area contributed by atoms with E-state index < -0.39 is 0 Å². The molecule has 2 aromatic carbocycles. The highest BCUT2D eigenvalue weighted by Gasteiger charge is 2.10. The van der Waals surface area contributed by atoms with Gasteiger partial charge in [-0.1, -0.05) is 26.0 Å². The summed E-state index contributed by atoms with van der Waals surface area (Å²) in [6.07, 6.45) is 0.944. The second kappa shape index (κ2) is 11.4. The highest BCUT2D eigenvalue weighted by Crippen LogP contribution is 2.28. The molecule has 1 N–H and O–H groups in total. The van der Waals surface area contributed by atoms with E-state index in [4.69, 9.17) is 14.7 Å². The Labute approximate surface area is 177 Å². The Morgan fingerprint density at radius 2 is 2.03 bits per heavy atom. The molecule has 2 rings (SSSR count). The van der Waals surface area contributed by atoms with Crippen molar-refractivity contribution in [3.05, 3.63) is 53.1 Å². The van der Waals surface area contributed by atoms with Crippen molar-refractivity contribution in [2.75, 3.05) is 19.0 Å². The number of ether oxygens (including phenoxy) is 2. The van der Waals surface area contributed by atoms with Crippen molar-refractivity contribution >= 4 is 23.4 Å². The summed E-state index contributed by atoms with van der Waals surface area (Å²) < 4.78 is 11.0. The molecule has 5 nitrogen and oxygen atoms in total. The monoisotopic (exact) mass is 412 g/mol. The third-order valence-corrected chi connectivity index (χ3v) is 5.54. The summed E-state index contributed by atoms with van der Waals surface area (Å²) in [7, 11) is 1.53. The minimum absolute atomic E-state index is 0.0304. The maximum Gasteiger partial charge on any atom is 0.224 e. The minimum Gasteiger partial charge on any atom is -0.493 e. The Balaban J connectivity index is 1.84. The van der Waals surface area contributed by atoms with Gasteiger partial charge in [-0.3, -0.25) is 4.79 Å². The van der Waals surface area contributed by atoms with Crippen molar-refractivity contribution in [2.45, 2.75) is 44.6 Å². The Bertz CT molecular complexity index is 875. The lowest BCUT2D eigenvalue weighted by molar-refractivity contribution is -0.116. The number of methoxy groups -OCH3 is 1. The van der Waals surface area contributed by atoms with Crippen LogP contribution in [0.25, 0.3) is 0 Å². The van der Waals surface area contributed by atoms with Gasteiger partial charge in [0.2, 0.25) is 5.91 Å². The van der Waals surface area contributed by atoms with E-state index in [1.54, 1.807) is 18.2 Å². The SMILES string of the molecule is COc1cc(C#N)ccc1OCCCC(=O)Nc1cccc(CSC(C)C)c1C. The molecule has 0 atom stereocenters. The van der Waals surface area contributed by atoms with Gasteiger partial charge in [-0.25, -0.2) is 0 Å². The molecular weight excluding hydrogens is 384 g/mol. The van der Waals surface area contributed by atoms with Crippen LogP contribution in [0.3, 0.4) is 0 Å². The third kappa shape index (κ3) is 7.03. The molecule has 0 aliphatic carbocycles. The molecule has 0 aliphatic heterocycles. The van der Waals surface area contributed by atoms with Gasteiger partial charge in [0.05, 0.1) is 25.3 Å². The molecule has 0 radical (unpaired) electrons. The Morgan fingerprint density at radius 3 is 2.72 bits per heavy atom. The molecule has 0 saturated heterocycles. The number of hydrogen-bond donors (Lipinski definition) is 1. The van der Waals surface area contributed by atoms with E-state index in [1.165, 1.54) is 12.7 Å². The topological polar surface area (TPSA) is 71.3 Å². The number of hydrogen-bond acceptors (Lipinski definition) is 5. The fourth-order valence-electron chi connectivity index (χ4n) is 2.72. The molecule has 0 bridgehead atoms. The highest BCUT2D eigenvalue weighted by atomic mass is 32.2. The quantitative estimate of drug-likeness (QED) is 0.535. The Kier molecular flexibility index (Phi) is 8.88. The summed E-state index contributed by atoms with van der Waals surface area (Å²) >= 11 is 1.89. The second-order valence-corrected chi connectivity index (χ2v) is 8.49. The average Bonchev–Trinajstić information content (AvgIpc) is 2.71. The van der Waals surface area contributed by atoms with Gasteiger partial charge in [0.25, 0.3) is 0 Å². The lowest BCUT2D eigenvalue weighted by Gasteiger charge is -2.14. The van der Waals surface area contributed by atoms with E-state index in [2.05, 4.69) is 31.3 Å². The summed E-state index contributed by atoms with van der Waals surface area (Å²) in [6.45, 7) is 6.80. The van der Waals surface area contributed by atoms with Crippen LogP contribution in [-0.2, 0) is 10.5 Å². The zero-order valence-corrected chi connectivity index (χ0v) is 18.3. The normalized spacial score (nSPS) is 10.5. The summed E-state index contributed by atoms with van der Waals surface area (Å²) in [5.74, 6) is 1.99. The van der Waals surface area contributed by atoms with Crippen molar-refractivity contribution in [3.8, 4) is 17.6 Å². The number of anilines is 1. The molecule has 0 heterocycles. The van der Waals surface area contributed by atoms with Crippen LogP contribution in [0.1, 0.15) is 43.4 Å². The number of rotatable bonds is 10. The van der Waals surface area contributed by atoms with Crippen LogP contribution in [0, 0.1) is 18.3 Å². The van der Waals surface area contributed by atoms with Crippen LogP contribution in [0.4, 0.5) is 5.69 Å². The Morgan fingerprint density at radius 1 is 1.24 bits per heavy atom. The molecule has 0 unspecified atom stereocenters. The summed E-state index contributed by atoms with van der Waals surface area (Å²) in [6, 6.07) is 13.1. The van der Waals surface area contributed by atoms with Crippen molar-refractivity contribution in [1.82, 2.24) is 0 Å². The van der Waals surface area contributed by atoms with Crippen molar-refractivity contribution < 1.29 is 14.3 Å². The van der Waals surface area contributed by atoms with Crippen LogP contribution < -0.4 is 14.8 Å². The number of thioether (sulfide) groups is 1. The second-order valence-electron chi connectivity index (χ2n) is 6.93. The first kappa shape index (κ1) is 22.6. The molecular formula is C23H28N2O3S. The molecule has 0 aromatic heterocycles. The fraction of sp³-hybridized carbons (Fsp3) is 0.391. The van der Waals surface area contributed by atoms with Gasteiger partial charge in [0.1, 0.15) is 0 Å². The molecule has 0 saturated carbocycles. The number of nitrogens with zero attached hydrogens (tertiary/aromatic N) is 1. The molecule has 6 heteroatoms. The van der Waals surface area contributed by atoms with Gasteiger partial charge in [0.15, 0.2) is 11.5 Å². The number of carbonyl (C=O) groups excluding carboxylic acids is 1. The van der Waals surface area contributed by atoms with Crippen molar-refractivity contribution in [2.24, 2.45) is 0 Å². The largest absolute Gasteiger partial charge is 0.493 e. The molecule has 2 aromatic rings. The third-order valence-electron chi connectivity index (χ3n) is 4.39. The van der Waals surface area contributed by atoms with Crippen LogP contribution >= 0.6 is 11.8 Å². The number of carbonyl (C=O) groups is 1. The minimum atomic E-state index is -0.0304.